The fourth-order valence-corrected chi connectivity index (χ4v) is 4.59. The summed E-state index contributed by atoms with van der Waals surface area (Å²) in [6, 6.07) is 11.5. The third-order valence-corrected chi connectivity index (χ3v) is 5.81. The van der Waals surface area contributed by atoms with Crippen molar-refractivity contribution < 1.29 is 14.3 Å². The number of ether oxygens (including phenoxy) is 2. The first-order chi connectivity index (χ1) is 12.9. The van der Waals surface area contributed by atoms with E-state index >= 15 is 0 Å². The van der Waals surface area contributed by atoms with Crippen LogP contribution in [0.25, 0.3) is 6.08 Å². The van der Waals surface area contributed by atoms with Gasteiger partial charge in [-0.3, -0.25) is 9.69 Å². The number of hydrogen-bond donors (Lipinski definition) is 0. The number of carbonyl (C=O) groups is 1. The molecule has 0 saturated carbocycles. The number of anilines is 1. The molecule has 7 heteroatoms. The quantitative estimate of drug-likeness (QED) is 0.427. The third-order valence-electron chi connectivity index (χ3n) is 3.92. The first-order valence-corrected chi connectivity index (χ1v) is 10.3. The minimum absolute atomic E-state index is 0.126. The molecular formula is C20H18BrNO3S2. The van der Waals surface area contributed by atoms with Gasteiger partial charge in [0.25, 0.3) is 5.91 Å². The second-order valence-corrected chi connectivity index (χ2v) is 8.35. The van der Waals surface area contributed by atoms with Crippen LogP contribution in [0.4, 0.5) is 5.69 Å². The van der Waals surface area contributed by atoms with Gasteiger partial charge in [0, 0.05) is 0 Å². The number of carbonyl (C=O) groups excluding carboxylic acids is 1. The molecule has 3 rings (SSSR count). The molecule has 1 aliphatic heterocycles. The van der Waals surface area contributed by atoms with Gasteiger partial charge in [0.15, 0.2) is 15.8 Å². The number of thiocarbonyl (C=S) groups is 1. The monoisotopic (exact) mass is 463 g/mol. The van der Waals surface area contributed by atoms with Gasteiger partial charge in [-0.15, -0.1) is 0 Å². The smallest absolute Gasteiger partial charge is 0.270 e. The van der Waals surface area contributed by atoms with Crippen molar-refractivity contribution in [1.29, 1.82) is 0 Å². The molecule has 0 spiro atoms. The van der Waals surface area contributed by atoms with Crippen molar-refractivity contribution in [3.63, 3.8) is 0 Å². The van der Waals surface area contributed by atoms with Crippen molar-refractivity contribution in [2.45, 2.75) is 13.8 Å². The topological polar surface area (TPSA) is 38.8 Å². The van der Waals surface area contributed by atoms with Gasteiger partial charge in [-0.25, -0.2) is 0 Å². The number of rotatable bonds is 5. The highest BCUT2D eigenvalue weighted by Gasteiger charge is 2.33. The van der Waals surface area contributed by atoms with Crippen LogP contribution in [0.3, 0.4) is 0 Å². The average Bonchev–Trinajstić information content (AvgIpc) is 2.90. The third kappa shape index (κ3) is 4.20. The molecule has 0 unspecified atom stereocenters. The van der Waals surface area contributed by atoms with E-state index in [0.29, 0.717) is 27.3 Å². The summed E-state index contributed by atoms with van der Waals surface area (Å²) in [5.74, 6) is 1.12. The predicted octanol–water partition coefficient (Wildman–Crippen LogP) is 5.57. The number of halogens is 1. The van der Waals surface area contributed by atoms with Crippen LogP contribution in [0.15, 0.2) is 45.8 Å². The standard InChI is InChI=1S/C20H18BrNO3S2/c1-4-25-16-10-13(9-15(21)18(16)24-3)11-17-19(23)22(20(26)27-17)14-7-5-12(2)6-8-14/h5-11H,4H2,1-3H3/b17-11-. The largest absolute Gasteiger partial charge is 0.492 e. The summed E-state index contributed by atoms with van der Waals surface area (Å²) in [7, 11) is 1.59. The maximum atomic E-state index is 12.9. The Morgan fingerprint density at radius 1 is 1.26 bits per heavy atom. The van der Waals surface area contributed by atoms with E-state index < -0.39 is 0 Å². The summed E-state index contributed by atoms with van der Waals surface area (Å²) in [4.78, 5) is 15.0. The molecule has 0 radical (unpaired) electrons. The molecule has 0 atom stereocenters. The van der Waals surface area contributed by atoms with E-state index in [9.17, 15) is 4.79 Å². The fourth-order valence-electron chi connectivity index (χ4n) is 2.67. The molecular weight excluding hydrogens is 446 g/mol. The summed E-state index contributed by atoms with van der Waals surface area (Å²) in [5, 5.41) is 0. The van der Waals surface area contributed by atoms with Gasteiger partial charge in [-0.05, 0) is 65.7 Å². The lowest BCUT2D eigenvalue weighted by molar-refractivity contribution is -0.113. The van der Waals surface area contributed by atoms with Gasteiger partial charge in [-0.1, -0.05) is 41.7 Å². The zero-order chi connectivity index (χ0) is 19.6. The molecule has 0 N–H and O–H groups in total. The molecule has 140 valence electrons. The molecule has 2 aromatic carbocycles. The molecule has 27 heavy (non-hydrogen) atoms. The summed E-state index contributed by atoms with van der Waals surface area (Å²) in [6.07, 6.45) is 1.82. The minimum atomic E-state index is -0.126. The van der Waals surface area contributed by atoms with Crippen LogP contribution in [-0.4, -0.2) is 23.9 Å². The van der Waals surface area contributed by atoms with Gasteiger partial charge in [0.1, 0.15) is 0 Å². The highest BCUT2D eigenvalue weighted by atomic mass is 79.9. The summed E-state index contributed by atoms with van der Waals surface area (Å²) in [6.45, 7) is 4.43. The zero-order valence-electron chi connectivity index (χ0n) is 15.1. The van der Waals surface area contributed by atoms with Gasteiger partial charge in [-0.2, -0.15) is 0 Å². The Bertz CT molecular complexity index is 926. The lowest BCUT2D eigenvalue weighted by atomic mass is 10.1. The predicted molar refractivity (Wildman–Crippen MR) is 119 cm³/mol. The Hall–Kier alpha value is -1.83. The molecule has 1 fully saturated rings. The lowest BCUT2D eigenvalue weighted by Crippen LogP contribution is -2.27. The first kappa shape index (κ1) is 19.9. The van der Waals surface area contributed by atoms with Gasteiger partial charge < -0.3 is 9.47 Å². The van der Waals surface area contributed by atoms with E-state index in [-0.39, 0.29) is 5.91 Å². The van der Waals surface area contributed by atoms with E-state index in [0.717, 1.165) is 21.3 Å². The molecule has 1 saturated heterocycles. The minimum Gasteiger partial charge on any atom is -0.492 e. The maximum absolute atomic E-state index is 12.9. The number of nitrogens with zero attached hydrogens (tertiary/aromatic N) is 1. The Balaban J connectivity index is 1.95. The second kappa shape index (κ2) is 8.46. The van der Waals surface area contributed by atoms with Crippen molar-refractivity contribution in [2.24, 2.45) is 0 Å². The van der Waals surface area contributed by atoms with Crippen molar-refractivity contribution in [3.8, 4) is 11.5 Å². The zero-order valence-corrected chi connectivity index (χ0v) is 18.3. The second-order valence-electron chi connectivity index (χ2n) is 5.82. The Morgan fingerprint density at radius 3 is 2.59 bits per heavy atom. The van der Waals surface area contributed by atoms with Gasteiger partial charge >= 0.3 is 0 Å². The van der Waals surface area contributed by atoms with Crippen molar-refractivity contribution in [1.82, 2.24) is 0 Å². The molecule has 2 aromatic rings. The molecule has 0 aromatic heterocycles. The average molecular weight is 464 g/mol. The Kier molecular flexibility index (Phi) is 6.24. The van der Waals surface area contributed by atoms with Crippen LogP contribution in [0, 0.1) is 6.92 Å². The van der Waals surface area contributed by atoms with Crippen LogP contribution in [0.2, 0.25) is 0 Å². The van der Waals surface area contributed by atoms with Crippen LogP contribution >= 0.6 is 39.9 Å². The van der Waals surface area contributed by atoms with Crippen molar-refractivity contribution >= 4 is 61.9 Å². The summed E-state index contributed by atoms with van der Waals surface area (Å²) >= 11 is 10.2. The van der Waals surface area contributed by atoms with Crippen LogP contribution in [0.5, 0.6) is 11.5 Å². The highest BCUT2D eigenvalue weighted by molar-refractivity contribution is 9.10. The number of amides is 1. The van der Waals surface area contributed by atoms with Crippen molar-refractivity contribution in [3.05, 3.63) is 56.9 Å². The van der Waals surface area contributed by atoms with E-state index in [1.54, 1.807) is 12.0 Å². The SMILES string of the molecule is CCOc1cc(/C=C2\SC(=S)N(c3ccc(C)cc3)C2=O)cc(Br)c1OC. The molecule has 1 amide bonds. The number of hydrogen-bond acceptors (Lipinski definition) is 5. The molecule has 0 aliphatic carbocycles. The number of thioether (sulfide) groups is 1. The maximum Gasteiger partial charge on any atom is 0.270 e. The van der Waals surface area contributed by atoms with E-state index in [2.05, 4.69) is 15.9 Å². The van der Waals surface area contributed by atoms with Gasteiger partial charge in [0.05, 0.1) is 28.8 Å². The molecule has 4 nitrogen and oxygen atoms in total. The van der Waals surface area contributed by atoms with Gasteiger partial charge in [0.2, 0.25) is 0 Å². The van der Waals surface area contributed by atoms with Crippen LogP contribution in [0.1, 0.15) is 18.1 Å². The lowest BCUT2D eigenvalue weighted by Gasteiger charge is -2.14. The Labute approximate surface area is 176 Å². The Morgan fingerprint density at radius 2 is 1.96 bits per heavy atom. The van der Waals surface area contributed by atoms with Crippen molar-refractivity contribution in [2.75, 3.05) is 18.6 Å². The number of benzene rings is 2. The van der Waals surface area contributed by atoms with E-state index in [1.807, 2.05) is 56.3 Å². The van der Waals surface area contributed by atoms with E-state index in [1.165, 1.54) is 11.8 Å². The normalized spacial score (nSPS) is 15.6. The first-order valence-electron chi connectivity index (χ1n) is 8.29. The molecule has 1 heterocycles. The fraction of sp³-hybridized carbons (Fsp3) is 0.200. The highest BCUT2D eigenvalue weighted by Crippen LogP contribution is 2.40. The van der Waals surface area contributed by atoms with Crippen LogP contribution < -0.4 is 14.4 Å². The molecule has 1 aliphatic rings. The molecule has 0 bridgehead atoms. The summed E-state index contributed by atoms with van der Waals surface area (Å²) < 4.78 is 12.3. The summed E-state index contributed by atoms with van der Waals surface area (Å²) in [5.41, 5.74) is 2.74. The van der Waals surface area contributed by atoms with E-state index in [4.69, 9.17) is 21.7 Å². The number of methoxy groups -OCH3 is 1. The van der Waals surface area contributed by atoms with Crippen LogP contribution in [-0.2, 0) is 4.79 Å². The number of aryl methyl sites for hydroxylation is 1.